The molecule has 146 valence electrons. The van der Waals surface area contributed by atoms with Gasteiger partial charge in [0.1, 0.15) is 24.1 Å². The third-order valence-electron chi connectivity index (χ3n) is 4.53. The van der Waals surface area contributed by atoms with Gasteiger partial charge >= 0.3 is 0 Å². The first-order valence-corrected chi connectivity index (χ1v) is 8.84. The summed E-state index contributed by atoms with van der Waals surface area (Å²) >= 11 is 5.87. The van der Waals surface area contributed by atoms with Gasteiger partial charge < -0.3 is 16.2 Å². The van der Waals surface area contributed by atoms with Crippen LogP contribution in [0.25, 0.3) is 0 Å². The van der Waals surface area contributed by atoms with Gasteiger partial charge in [-0.3, -0.25) is 4.79 Å². The van der Waals surface area contributed by atoms with Gasteiger partial charge in [0.05, 0.1) is 18.2 Å². The minimum atomic E-state index is -1.80. The van der Waals surface area contributed by atoms with E-state index in [1.54, 1.807) is 13.0 Å². The fraction of sp³-hybridized carbons (Fsp3) is 0.211. The maximum Gasteiger partial charge on any atom is 0.253 e. The molecule has 1 amide bonds. The molecule has 1 aromatic heterocycles. The molecule has 0 radical (unpaired) electrons. The number of benzene rings is 2. The second-order valence-electron chi connectivity index (χ2n) is 6.42. The van der Waals surface area contributed by atoms with Gasteiger partial charge in [0, 0.05) is 16.3 Å². The van der Waals surface area contributed by atoms with Crippen LogP contribution in [0.4, 0.5) is 10.1 Å². The van der Waals surface area contributed by atoms with E-state index in [9.17, 15) is 14.3 Å². The summed E-state index contributed by atoms with van der Waals surface area (Å²) in [5.74, 6) is -1.12. The Morgan fingerprint density at radius 1 is 1.39 bits per heavy atom. The molecule has 0 fully saturated rings. The van der Waals surface area contributed by atoms with Crippen molar-refractivity contribution in [3.63, 3.8) is 0 Å². The van der Waals surface area contributed by atoms with Gasteiger partial charge in [-0.05, 0) is 31.2 Å². The van der Waals surface area contributed by atoms with Crippen molar-refractivity contribution in [2.24, 2.45) is 0 Å². The highest BCUT2D eigenvalue weighted by molar-refractivity contribution is 6.31. The van der Waals surface area contributed by atoms with E-state index in [1.807, 2.05) is 0 Å². The predicted molar refractivity (Wildman–Crippen MR) is 103 cm³/mol. The second kappa shape index (κ2) is 7.95. The van der Waals surface area contributed by atoms with Gasteiger partial charge in [-0.15, -0.1) is 0 Å². The average molecular weight is 404 g/mol. The van der Waals surface area contributed by atoms with Crippen molar-refractivity contribution in [2.45, 2.75) is 25.1 Å². The van der Waals surface area contributed by atoms with Gasteiger partial charge in [-0.25, -0.2) is 14.1 Å². The molecule has 0 bridgehead atoms. The molecular formula is C19H19ClFN5O2. The van der Waals surface area contributed by atoms with Gasteiger partial charge in [0.2, 0.25) is 0 Å². The normalized spacial score (nSPS) is 14.3. The summed E-state index contributed by atoms with van der Waals surface area (Å²) in [6.07, 6.45) is 2.71. The van der Waals surface area contributed by atoms with Crippen LogP contribution < -0.4 is 11.1 Å². The number of hydrogen-bond acceptors (Lipinski definition) is 5. The smallest absolute Gasteiger partial charge is 0.253 e. The first-order valence-electron chi connectivity index (χ1n) is 8.47. The molecule has 0 spiro atoms. The average Bonchev–Trinajstić information content (AvgIpc) is 3.14. The summed E-state index contributed by atoms with van der Waals surface area (Å²) < 4.78 is 15.9. The fourth-order valence-corrected chi connectivity index (χ4v) is 3.14. The zero-order chi connectivity index (χ0) is 20.3. The Hall–Kier alpha value is -2.97. The number of nitrogens with one attached hydrogen (secondary N) is 1. The topological polar surface area (TPSA) is 106 Å². The SMILES string of the molecule is C[C@@H](NC(=O)c1ccc(Cl)cc1N)[C@](O)(Cn1cncn1)c1ccccc1F. The van der Waals surface area contributed by atoms with E-state index in [1.165, 1.54) is 53.7 Å². The third-order valence-corrected chi connectivity index (χ3v) is 4.77. The summed E-state index contributed by atoms with van der Waals surface area (Å²) in [4.78, 5) is 16.5. The van der Waals surface area contributed by atoms with Crippen LogP contribution in [0.15, 0.2) is 55.1 Å². The largest absolute Gasteiger partial charge is 0.398 e. The number of nitrogens with two attached hydrogens (primary N) is 1. The Morgan fingerprint density at radius 3 is 2.79 bits per heavy atom. The molecule has 0 saturated heterocycles. The number of carbonyl (C=O) groups excluding carboxylic acids is 1. The Morgan fingerprint density at radius 2 is 2.14 bits per heavy atom. The van der Waals surface area contributed by atoms with E-state index < -0.39 is 23.4 Å². The number of nitrogens with zero attached hydrogens (tertiary/aromatic N) is 3. The van der Waals surface area contributed by atoms with Gasteiger partial charge in [-0.2, -0.15) is 5.10 Å². The summed E-state index contributed by atoms with van der Waals surface area (Å²) in [7, 11) is 0. The molecule has 9 heteroatoms. The van der Waals surface area contributed by atoms with Gasteiger partial charge in [0.25, 0.3) is 5.91 Å². The Labute approximate surface area is 166 Å². The molecule has 2 aromatic carbocycles. The first kappa shape index (κ1) is 19.8. The van der Waals surface area contributed by atoms with Gasteiger partial charge in [0.15, 0.2) is 0 Å². The molecule has 4 N–H and O–H groups in total. The Bertz CT molecular complexity index is 982. The molecular weight excluding hydrogens is 385 g/mol. The van der Waals surface area contributed by atoms with E-state index in [4.69, 9.17) is 17.3 Å². The molecule has 0 saturated carbocycles. The standard InChI is InChI=1S/C19H19ClFN5O2/c1-12(25-18(27)14-7-6-13(20)8-17(14)22)19(28,9-26-11-23-10-24-26)15-4-2-3-5-16(15)21/h2-8,10-12,28H,9,22H2,1H3,(H,25,27)/t12-,19-/m1/s1. The lowest BCUT2D eigenvalue weighted by Gasteiger charge is -2.35. The number of hydrogen-bond donors (Lipinski definition) is 3. The zero-order valence-electron chi connectivity index (χ0n) is 15.0. The van der Waals surface area contributed by atoms with Crippen molar-refractivity contribution in [1.82, 2.24) is 20.1 Å². The Balaban J connectivity index is 1.93. The van der Waals surface area contributed by atoms with Crippen LogP contribution in [-0.4, -0.2) is 31.8 Å². The molecule has 0 aliphatic heterocycles. The molecule has 0 aliphatic carbocycles. The second-order valence-corrected chi connectivity index (χ2v) is 6.86. The number of nitrogen functional groups attached to an aromatic ring is 1. The van der Waals surface area contributed by atoms with Crippen LogP contribution in [0, 0.1) is 5.82 Å². The maximum absolute atomic E-state index is 14.5. The molecule has 0 aliphatic rings. The lowest BCUT2D eigenvalue weighted by atomic mass is 9.86. The fourth-order valence-electron chi connectivity index (χ4n) is 2.96. The van der Waals surface area contributed by atoms with Crippen LogP contribution in [0.1, 0.15) is 22.8 Å². The number of anilines is 1. The molecule has 7 nitrogen and oxygen atoms in total. The lowest BCUT2D eigenvalue weighted by molar-refractivity contribution is -0.0185. The molecule has 3 aromatic rings. The lowest BCUT2D eigenvalue weighted by Crippen LogP contribution is -2.51. The molecule has 28 heavy (non-hydrogen) atoms. The van der Waals surface area contributed by atoms with Crippen LogP contribution in [-0.2, 0) is 12.1 Å². The third kappa shape index (κ3) is 3.97. The number of rotatable bonds is 6. The molecule has 1 heterocycles. The minimum absolute atomic E-state index is 0.0300. The zero-order valence-corrected chi connectivity index (χ0v) is 15.8. The van der Waals surface area contributed by atoms with E-state index in [2.05, 4.69) is 15.4 Å². The number of amides is 1. The van der Waals surface area contributed by atoms with E-state index >= 15 is 0 Å². The summed E-state index contributed by atoms with van der Waals surface area (Å²) in [6, 6.07) is 9.42. The van der Waals surface area contributed by atoms with Crippen LogP contribution in [0.2, 0.25) is 5.02 Å². The highest BCUT2D eigenvalue weighted by Crippen LogP contribution is 2.30. The van der Waals surface area contributed by atoms with E-state index in [0.29, 0.717) is 5.02 Å². The van der Waals surface area contributed by atoms with Crippen molar-refractivity contribution in [3.8, 4) is 0 Å². The predicted octanol–water partition coefficient (Wildman–Crippen LogP) is 2.36. The van der Waals surface area contributed by atoms with Crippen molar-refractivity contribution in [1.29, 1.82) is 0 Å². The molecule has 3 rings (SSSR count). The molecule has 2 atom stereocenters. The summed E-state index contributed by atoms with van der Waals surface area (Å²) in [6.45, 7) is 1.46. The monoisotopic (exact) mass is 403 g/mol. The highest BCUT2D eigenvalue weighted by Gasteiger charge is 2.40. The summed E-state index contributed by atoms with van der Waals surface area (Å²) in [5.41, 5.74) is 4.49. The van der Waals surface area contributed by atoms with Crippen molar-refractivity contribution < 1.29 is 14.3 Å². The van der Waals surface area contributed by atoms with Crippen molar-refractivity contribution >= 4 is 23.2 Å². The summed E-state index contributed by atoms with van der Waals surface area (Å²) in [5, 5.41) is 18.5. The Kier molecular flexibility index (Phi) is 5.62. The van der Waals surface area contributed by atoms with Crippen molar-refractivity contribution in [2.75, 3.05) is 5.73 Å². The number of aromatic nitrogens is 3. The van der Waals surface area contributed by atoms with E-state index in [-0.39, 0.29) is 23.4 Å². The van der Waals surface area contributed by atoms with Crippen LogP contribution in [0.5, 0.6) is 0 Å². The van der Waals surface area contributed by atoms with Crippen molar-refractivity contribution in [3.05, 3.63) is 77.1 Å². The highest BCUT2D eigenvalue weighted by atomic mass is 35.5. The number of carbonyl (C=O) groups is 1. The van der Waals surface area contributed by atoms with Crippen LogP contribution >= 0.6 is 11.6 Å². The molecule has 0 unspecified atom stereocenters. The first-order chi connectivity index (χ1) is 13.3. The quantitative estimate of drug-likeness (QED) is 0.548. The van der Waals surface area contributed by atoms with E-state index in [0.717, 1.165) is 0 Å². The number of aliphatic hydroxyl groups is 1. The number of halogens is 2. The maximum atomic E-state index is 14.5. The van der Waals surface area contributed by atoms with Gasteiger partial charge in [-0.1, -0.05) is 29.8 Å². The minimum Gasteiger partial charge on any atom is -0.398 e. The van der Waals surface area contributed by atoms with Crippen LogP contribution in [0.3, 0.4) is 0 Å².